The molecule has 1 aliphatic heterocycles. The molecule has 4 aliphatic carbocycles. The molecule has 138 valence electrons. The largest absolute Gasteiger partial charge is 0.425 e. The van der Waals surface area contributed by atoms with E-state index in [9.17, 15) is 19.2 Å². The van der Waals surface area contributed by atoms with Crippen LogP contribution in [0.1, 0.15) is 23.7 Å². The van der Waals surface area contributed by atoms with Crippen molar-refractivity contribution < 1.29 is 23.9 Å². The number of carbonyl (C=O) groups excluding carboxylic acids is 4. The van der Waals surface area contributed by atoms with E-state index in [0.717, 1.165) is 11.3 Å². The maximum absolute atomic E-state index is 12.8. The lowest BCUT2D eigenvalue weighted by Gasteiger charge is -2.37. The molecule has 1 saturated heterocycles. The number of esters is 1. The van der Waals surface area contributed by atoms with E-state index in [1.165, 1.54) is 19.1 Å². The van der Waals surface area contributed by atoms with Gasteiger partial charge in [0.1, 0.15) is 12.3 Å². The van der Waals surface area contributed by atoms with Crippen LogP contribution in [0.5, 0.6) is 5.75 Å². The molecule has 0 unspecified atom stereocenters. The Labute approximate surface area is 156 Å². The first-order chi connectivity index (χ1) is 13.0. The molecule has 0 spiro atoms. The lowest BCUT2D eigenvalue weighted by Crippen LogP contribution is -2.40. The van der Waals surface area contributed by atoms with Gasteiger partial charge in [0.25, 0.3) is 0 Å². The van der Waals surface area contributed by atoms with E-state index in [-0.39, 0.29) is 53.6 Å². The average molecular weight is 365 g/mol. The lowest BCUT2D eigenvalue weighted by molar-refractivity contribution is -0.148. The monoisotopic (exact) mass is 365 g/mol. The van der Waals surface area contributed by atoms with Crippen molar-refractivity contribution in [1.82, 2.24) is 4.90 Å². The van der Waals surface area contributed by atoms with Crippen molar-refractivity contribution in [2.24, 2.45) is 35.5 Å². The third-order valence-corrected chi connectivity index (χ3v) is 6.53. The van der Waals surface area contributed by atoms with Crippen LogP contribution in [0.2, 0.25) is 0 Å². The minimum Gasteiger partial charge on any atom is -0.425 e. The molecule has 0 N–H and O–H groups in total. The summed E-state index contributed by atoms with van der Waals surface area (Å²) in [5, 5.41) is 0. The Morgan fingerprint density at radius 1 is 1.00 bits per heavy atom. The van der Waals surface area contributed by atoms with Gasteiger partial charge in [-0.2, -0.15) is 0 Å². The van der Waals surface area contributed by atoms with Crippen molar-refractivity contribution in [1.29, 1.82) is 0 Å². The van der Waals surface area contributed by atoms with Crippen LogP contribution in [0.25, 0.3) is 0 Å². The van der Waals surface area contributed by atoms with E-state index in [1.54, 1.807) is 12.1 Å². The van der Waals surface area contributed by atoms with E-state index in [1.807, 2.05) is 0 Å². The van der Waals surface area contributed by atoms with Crippen LogP contribution < -0.4 is 4.74 Å². The number of rotatable bonds is 4. The zero-order valence-electron chi connectivity index (χ0n) is 14.8. The Balaban J connectivity index is 1.29. The van der Waals surface area contributed by atoms with E-state index in [4.69, 9.17) is 4.74 Å². The number of allylic oxidation sites excluding steroid dienone is 2. The number of amides is 2. The molecular weight excluding hydrogens is 346 g/mol. The fourth-order valence-corrected chi connectivity index (χ4v) is 5.23. The van der Waals surface area contributed by atoms with Gasteiger partial charge in [-0.25, -0.2) is 4.79 Å². The fraction of sp³-hybridized carbons (Fsp3) is 0.429. The van der Waals surface area contributed by atoms with Crippen LogP contribution >= 0.6 is 0 Å². The van der Waals surface area contributed by atoms with Gasteiger partial charge in [-0.15, -0.1) is 0 Å². The van der Waals surface area contributed by atoms with Crippen LogP contribution in [0.4, 0.5) is 0 Å². The maximum atomic E-state index is 12.8. The standard InChI is InChI=1S/C21H19NO5/c1-10(23)11-2-4-12(5-3-11)27-17(24)9-22-20(25)18-13-6-7-14(16-8-15(13)16)19(18)21(22)26/h2-7,13-16,18-19H,8-9H2,1H3/t13-,14-,15-,16+,18+,19+/m0/s1. The summed E-state index contributed by atoms with van der Waals surface area (Å²) in [6, 6.07) is 6.20. The van der Waals surface area contributed by atoms with Gasteiger partial charge in [-0.1, -0.05) is 12.2 Å². The molecule has 1 aromatic rings. The van der Waals surface area contributed by atoms with Crippen molar-refractivity contribution in [3.05, 3.63) is 42.0 Å². The molecule has 2 bridgehead atoms. The molecule has 1 aromatic carbocycles. The Morgan fingerprint density at radius 2 is 1.56 bits per heavy atom. The summed E-state index contributed by atoms with van der Waals surface area (Å²) < 4.78 is 5.25. The third-order valence-electron chi connectivity index (χ3n) is 6.53. The number of imide groups is 1. The number of carbonyl (C=O) groups is 4. The van der Waals surface area contributed by atoms with E-state index >= 15 is 0 Å². The molecule has 27 heavy (non-hydrogen) atoms. The molecule has 0 aromatic heterocycles. The summed E-state index contributed by atoms with van der Waals surface area (Å²) in [4.78, 5) is 50.3. The SMILES string of the molecule is CC(=O)c1ccc(OC(=O)CN2C(=O)[C@@H]3[C@H]4C=C[C@@H]([C@@H]5C[C@H]45)[C@H]3C2=O)cc1. The highest BCUT2D eigenvalue weighted by Crippen LogP contribution is 2.65. The van der Waals surface area contributed by atoms with Crippen LogP contribution in [-0.4, -0.2) is 35.0 Å². The van der Waals surface area contributed by atoms with E-state index < -0.39 is 5.97 Å². The van der Waals surface area contributed by atoms with Gasteiger partial charge in [0.15, 0.2) is 5.78 Å². The highest BCUT2D eigenvalue weighted by molar-refractivity contribution is 6.08. The van der Waals surface area contributed by atoms with Gasteiger partial charge in [-0.3, -0.25) is 19.3 Å². The van der Waals surface area contributed by atoms with Crippen LogP contribution in [-0.2, 0) is 14.4 Å². The summed E-state index contributed by atoms with van der Waals surface area (Å²) in [7, 11) is 0. The topological polar surface area (TPSA) is 80.8 Å². The fourth-order valence-electron chi connectivity index (χ4n) is 5.23. The summed E-state index contributed by atoms with van der Waals surface area (Å²) in [6.07, 6.45) is 5.31. The highest BCUT2D eigenvalue weighted by Gasteiger charge is 2.67. The number of hydrogen-bond acceptors (Lipinski definition) is 5. The molecule has 6 nitrogen and oxygen atoms in total. The Hall–Kier alpha value is -2.76. The van der Waals surface area contributed by atoms with Crippen molar-refractivity contribution >= 4 is 23.6 Å². The van der Waals surface area contributed by atoms with Crippen molar-refractivity contribution in [2.45, 2.75) is 13.3 Å². The second kappa shape index (κ2) is 5.62. The average Bonchev–Trinajstić information content (AvgIpc) is 3.43. The van der Waals surface area contributed by atoms with Crippen molar-refractivity contribution in [2.75, 3.05) is 6.54 Å². The minimum atomic E-state index is -0.656. The predicted octanol–water partition coefficient (Wildman–Crippen LogP) is 1.85. The smallest absolute Gasteiger partial charge is 0.331 e. The number of Topliss-reactive ketones (excluding diaryl/α,β-unsaturated/α-hetero) is 1. The van der Waals surface area contributed by atoms with Gasteiger partial charge < -0.3 is 4.74 Å². The third kappa shape index (κ3) is 2.39. The first kappa shape index (κ1) is 16.4. The Morgan fingerprint density at radius 3 is 2.07 bits per heavy atom. The molecule has 6 atom stereocenters. The summed E-state index contributed by atoms with van der Waals surface area (Å²) in [5.74, 6) is -0.196. The Kier molecular flexibility index (Phi) is 3.41. The van der Waals surface area contributed by atoms with Crippen molar-refractivity contribution in [3.8, 4) is 5.75 Å². The molecule has 5 aliphatic rings. The number of nitrogens with zero attached hydrogens (tertiary/aromatic N) is 1. The first-order valence-corrected chi connectivity index (χ1v) is 9.31. The van der Waals surface area contributed by atoms with Gasteiger partial charge in [0, 0.05) is 5.56 Å². The molecule has 3 fully saturated rings. The zero-order valence-corrected chi connectivity index (χ0v) is 14.8. The maximum Gasteiger partial charge on any atom is 0.331 e. The van der Waals surface area contributed by atoms with Crippen LogP contribution in [0.3, 0.4) is 0 Å². The van der Waals surface area contributed by atoms with Gasteiger partial charge >= 0.3 is 5.97 Å². The number of ketones is 1. The van der Waals surface area contributed by atoms with Gasteiger partial charge in [0.05, 0.1) is 11.8 Å². The molecule has 0 radical (unpaired) electrons. The van der Waals surface area contributed by atoms with Gasteiger partial charge in [0.2, 0.25) is 11.8 Å². The Bertz CT molecular complexity index is 866. The molecule has 1 heterocycles. The number of ether oxygens (including phenoxy) is 1. The zero-order chi connectivity index (χ0) is 18.9. The highest BCUT2D eigenvalue weighted by atomic mass is 16.5. The summed E-state index contributed by atoms with van der Waals surface area (Å²) >= 11 is 0. The van der Waals surface area contributed by atoms with Crippen LogP contribution in [0.15, 0.2) is 36.4 Å². The number of likely N-dealkylation sites (tertiary alicyclic amines) is 1. The van der Waals surface area contributed by atoms with Crippen molar-refractivity contribution in [3.63, 3.8) is 0 Å². The number of hydrogen-bond donors (Lipinski definition) is 0. The minimum absolute atomic E-state index is 0.0787. The quantitative estimate of drug-likeness (QED) is 0.267. The normalized spacial score (nSPS) is 35.1. The first-order valence-electron chi connectivity index (χ1n) is 9.31. The second-order valence-electron chi connectivity index (χ2n) is 7.97. The lowest BCUT2D eigenvalue weighted by atomic mass is 9.63. The van der Waals surface area contributed by atoms with E-state index in [2.05, 4.69) is 12.2 Å². The summed E-state index contributed by atoms with van der Waals surface area (Å²) in [6.45, 7) is 1.09. The number of benzene rings is 1. The summed E-state index contributed by atoms with van der Waals surface area (Å²) in [5.41, 5.74) is 0.519. The van der Waals surface area contributed by atoms with E-state index in [0.29, 0.717) is 17.4 Å². The molecule has 6 rings (SSSR count). The van der Waals surface area contributed by atoms with Crippen LogP contribution in [0, 0.1) is 35.5 Å². The van der Waals surface area contributed by atoms with Gasteiger partial charge in [-0.05, 0) is 61.3 Å². The predicted molar refractivity (Wildman–Crippen MR) is 93.5 cm³/mol. The molecule has 2 amide bonds. The second-order valence-corrected chi connectivity index (χ2v) is 7.97. The molecule has 2 saturated carbocycles. The molecule has 6 heteroatoms. The molecular formula is C21H19NO5.